The summed E-state index contributed by atoms with van der Waals surface area (Å²) in [5.41, 5.74) is 0.693. The number of alkyl halides is 1. The van der Waals surface area contributed by atoms with Crippen molar-refractivity contribution in [1.29, 1.82) is 0 Å². The highest BCUT2D eigenvalue weighted by Crippen LogP contribution is 2.22. The van der Waals surface area contributed by atoms with Crippen molar-refractivity contribution in [2.24, 2.45) is 0 Å². The van der Waals surface area contributed by atoms with Crippen LogP contribution in [0.5, 0.6) is 0 Å². The molecule has 0 heterocycles. The Hall–Kier alpha value is -0.890. The Balaban J connectivity index is 3.28. The van der Waals surface area contributed by atoms with Crippen LogP contribution in [0.15, 0.2) is 18.7 Å². The number of benzene rings is 1. The molecule has 0 nitrogen and oxygen atoms in total. The Morgan fingerprint density at radius 3 is 2.23 bits per heavy atom. The van der Waals surface area contributed by atoms with Crippen molar-refractivity contribution in [3.8, 4) is 0 Å². The summed E-state index contributed by atoms with van der Waals surface area (Å²) in [7, 11) is 0. The zero-order chi connectivity index (χ0) is 10.0. The van der Waals surface area contributed by atoms with Crippen molar-refractivity contribution >= 4 is 17.2 Å². The minimum absolute atomic E-state index is 0.0247. The standard InChI is InChI=1S/C10H9ClF2/c1-6-3-8(12)10(7(2)5-11)9(13)4-6/h3-4H,2,5H2,1H3. The maximum atomic E-state index is 13.2. The van der Waals surface area contributed by atoms with Crippen molar-refractivity contribution in [1.82, 2.24) is 0 Å². The van der Waals surface area contributed by atoms with Gasteiger partial charge in [0.25, 0.3) is 0 Å². The minimum Gasteiger partial charge on any atom is -0.206 e. The minimum atomic E-state index is -0.608. The second-order valence-electron chi connectivity index (χ2n) is 2.84. The monoisotopic (exact) mass is 202 g/mol. The van der Waals surface area contributed by atoms with Crippen LogP contribution >= 0.6 is 11.6 Å². The number of allylic oxidation sites excluding steroid dienone is 1. The highest BCUT2D eigenvalue weighted by atomic mass is 35.5. The van der Waals surface area contributed by atoms with E-state index in [0.717, 1.165) is 0 Å². The van der Waals surface area contributed by atoms with E-state index in [0.29, 0.717) is 5.56 Å². The van der Waals surface area contributed by atoms with Crippen LogP contribution in [-0.4, -0.2) is 5.88 Å². The SMILES string of the molecule is C=C(CCl)c1c(F)cc(C)cc1F. The predicted molar refractivity (Wildman–Crippen MR) is 50.8 cm³/mol. The summed E-state index contributed by atoms with van der Waals surface area (Å²) in [6.45, 7) is 5.11. The Kier molecular flexibility index (Phi) is 3.04. The molecule has 0 unspecified atom stereocenters. The largest absolute Gasteiger partial charge is 0.206 e. The number of hydrogen-bond acceptors (Lipinski definition) is 0. The van der Waals surface area contributed by atoms with Gasteiger partial charge in [-0.1, -0.05) is 6.58 Å². The van der Waals surface area contributed by atoms with E-state index in [4.69, 9.17) is 11.6 Å². The number of hydrogen-bond donors (Lipinski definition) is 0. The fraction of sp³-hybridized carbons (Fsp3) is 0.200. The van der Waals surface area contributed by atoms with Gasteiger partial charge in [0.1, 0.15) is 11.6 Å². The molecule has 0 aliphatic rings. The van der Waals surface area contributed by atoms with Gasteiger partial charge in [0, 0.05) is 11.4 Å². The third-order valence-electron chi connectivity index (χ3n) is 1.70. The van der Waals surface area contributed by atoms with Crippen LogP contribution in [0.25, 0.3) is 5.57 Å². The van der Waals surface area contributed by atoms with E-state index >= 15 is 0 Å². The second kappa shape index (κ2) is 3.88. The normalized spacial score (nSPS) is 10.2. The molecule has 1 rings (SSSR count). The molecule has 0 saturated carbocycles. The maximum Gasteiger partial charge on any atom is 0.133 e. The summed E-state index contributed by atoms with van der Waals surface area (Å²) >= 11 is 5.44. The first-order valence-corrected chi connectivity index (χ1v) is 4.29. The lowest BCUT2D eigenvalue weighted by Gasteiger charge is -2.06. The molecular weight excluding hydrogens is 194 g/mol. The highest BCUT2D eigenvalue weighted by molar-refractivity contribution is 6.23. The molecule has 1 aromatic rings. The second-order valence-corrected chi connectivity index (χ2v) is 3.11. The fourth-order valence-electron chi connectivity index (χ4n) is 1.10. The predicted octanol–water partition coefficient (Wildman–Crippen LogP) is 3.53. The quantitative estimate of drug-likeness (QED) is 0.644. The van der Waals surface area contributed by atoms with E-state index in [-0.39, 0.29) is 17.0 Å². The first-order valence-electron chi connectivity index (χ1n) is 3.76. The van der Waals surface area contributed by atoms with Crippen LogP contribution in [0.1, 0.15) is 11.1 Å². The summed E-state index contributed by atoms with van der Waals surface area (Å²) < 4.78 is 26.4. The zero-order valence-corrected chi connectivity index (χ0v) is 7.96. The van der Waals surface area contributed by atoms with Crippen molar-refractivity contribution in [2.45, 2.75) is 6.92 Å². The molecule has 0 aliphatic carbocycles. The van der Waals surface area contributed by atoms with Gasteiger partial charge in [-0.2, -0.15) is 0 Å². The van der Waals surface area contributed by atoms with Gasteiger partial charge in [-0.15, -0.1) is 11.6 Å². The molecule has 70 valence electrons. The van der Waals surface area contributed by atoms with E-state index in [1.165, 1.54) is 12.1 Å². The Labute approximate surface area is 80.8 Å². The molecule has 13 heavy (non-hydrogen) atoms. The topological polar surface area (TPSA) is 0 Å². The Morgan fingerprint density at radius 2 is 1.85 bits per heavy atom. The molecule has 0 atom stereocenters. The van der Waals surface area contributed by atoms with Crippen LogP contribution in [0.2, 0.25) is 0 Å². The van der Waals surface area contributed by atoms with E-state index in [9.17, 15) is 8.78 Å². The van der Waals surface area contributed by atoms with Crippen molar-refractivity contribution < 1.29 is 8.78 Å². The van der Waals surface area contributed by atoms with Crippen LogP contribution in [0, 0.1) is 18.6 Å². The Bertz CT molecular complexity index is 322. The molecule has 0 saturated heterocycles. The third-order valence-corrected chi connectivity index (χ3v) is 2.02. The van der Waals surface area contributed by atoms with Gasteiger partial charge in [0.05, 0.1) is 0 Å². The molecule has 0 radical (unpaired) electrons. The van der Waals surface area contributed by atoms with Crippen molar-refractivity contribution in [3.05, 3.63) is 41.5 Å². The molecule has 0 spiro atoms. The van der Waals surface area contributed by atoms with Crippen LogP contribution in [0.3, 0.4) is 0 Å². The van der Waals surface area contributed by atoms with Gasteiger partial charge >= 0.3 is 0 Å². The summed E-state index contributed by atoms with van der Waals surface area (Å²) in [6, 6.07) is 2.52. The number of rotatable bonds is 2. The lowest BCUT2D eigenvalue weighted by molar-refractivity contribution is 0.575. The first kappa shape index (κ1) is 10.2. The molecule has 0 aliphatic heterocycles. The van der Waals surface area contributed by atoms with Gasteiger partial charge < -0.3 is 0 Å². The van der Waals surface area contributed by atoms with Crippen molar-refractivity contribution in [3.63, 3.8) is 0 Å². The highest BCUT2D eigenvalue weighted by Gasteiger charge is 2.11. The van der Waals surface area contributed by atoms with E-state index in [1.807, 2.05) is 0 Å². The van der Waals surface area contributed by atoms with Crippen LogP contribution in [0.4, 0.5) is 8.78 Å². The molecule has 0 amide bonds. The van der Waals surface area contributed by atoms with Gasteiger partial charge in [0.15, 0.2) is 0 Å². The summed E-state index contributed by atoms with van der Waals surface area (Å²) in [5.74, 6) is -1.19. The van der Waals surface area contributed by atoms with Crippen molar-refractivity contribution in [2.75, 3.05) is 5.88 Å². The summed E-state index contributed by atoms with van der Waals surface area (Å²) in [6.07, 6.45) is 0. The number of aryl methyl sites for hydroxylation is 1. The van der Waals surface area contributed by atoms with E-state index in [2.05, 4.69) is 6.58 Å². The van der Waals surface area contributed by atoms with Gasteiger partial charge in [-0.25, -0.2) is 8.78 Å². The van der Waals surface area contributed by atoms with E-state index in [1.54, 1.807) is 6.92 Å². The first-order chi connectivity index (χ1) is 6.06. The molecular formula is C10H9ClF2. The lowest BCUT2D eigenvalue weighted by atomic mass is 10.1. The van der Waals surface area contributed by atoms with Gasteiger partial charge in [0.2, 0.25) is 0 Å². The molecule has 0 N–H and O–H groups in total. The van der Waals surface area contributed by atoms with Crippen LogP contribution in [-0.2, 0) is 0 Å². The molecule has 0 aromatic heterocycles. The Morgan fingerprint density at radius 1 is 1.38 bits per heavy atom. The zero-order valence-electron chi connectivity index (χ0n) is 7.20. The summed E-state index contributed by atoms with van der Waals surface area (Å²) in [4.78, 5) is 0. The number of halogens is 3. The maximum absolute atomic E-state index is 13.2. The lowest BCUT2D eigenvalue weighted by Crippen LogP contribution is -1.96. The summed E-state index contributed by atoms with van der Waals surface area (Å²) in [5, 5.41) is 0. The average molecular weight is 203 g/mol. The van der Waals surface area contributed by atoms with E-state index < -0.39 is 11.6 Å². The average Bonchev–Trinajstić information content (AvgIpc) is 2.02. The van der Waals surface area contributed by atoms with Crippen LogP contribution < -0.4 is 0 Å². The molecule has 0 bridgehead atoms. The third kappa shape index (κ3) is 2.07. The molecule has 1 aromatic carbocycles. The molecule has 0 fully saturated rings. The van der Waals surface area contributed by atoms with Gasteiger partial charge in [-0.3, -0.25) is 0 Å². The smallest absolute Gasteiger partial charge is 0.133 e. The van der Waals surface area contributed by atoms with Gasteiger partial charge in [-0.05, 0) is 30.2 Å². The molecule has 3 heteroatoms. The fourth-order valence-corrected chi connectivity index (χ4v) is 1.24.